The van der Waals surface area contributed by atoms with E-state index in [0.29, 0.717) is 23.4 Å². The highest BCUT2D eigenvalue weighted by Crippen LogP contribution is 2.32. The van der Waals surface area contributed by atoms with Gasteiger partial charge in [0.2, 0.25) is 0 Å². The van der Waals surface area contributed by atoms with Crippen LogP contribution in [0.5, 0.6) is 5.95 Å². The van der Waals surface area contributed by atoms with Crippen LogP contribution >= 0.6 is 27.5 Å². The van der Waals surface area contributed by atoms with E-state index in [9.17, 15) is 9.59 Å². The van der Waals surface area contributed by atoms with E-state index in [4.69, 9.17) is 20.8 Å². The van der Waals surface area contributed by atoms with Crippen molar-refractivity contribution in [2.75, 3.05) is 22.6 Å². The fourth-order valence-electron chi connectivity index (χ4n) is 2.40. The Hall–Kier alpha value is -2.51. The van der Waals surface area contributed by atoms with Crippen LogP contribution in [0.3, 0.4) is 0 Å². The lowest BCUT2D eigenvalue weighted by Crippen LogP contribution is -2.19. The molecule has 140 valence electrons. The predicted octanol–water partition coefficient (Wildman–Crippen LogP) is 5.25. The number of amides is 2. The zero-order chi connectivity index (χ0) is 19.2. The number of anilines is 2. The van der Waals surface area contributed by atoms with Crippen LogP contribution in [0.25, 0.3) is 10.8 Å². The summed E-state index contributed by atoms with van der Waals surface area (Å²) in [5.74, 6) is -0.00218. The number of hydrogen-bond acceptors (Lipinski definition) is 4. The Morgan fingerprint density at radius 2 is 1.81 bits per heavy atom. The van der Waals surface area contributed by atoms with Crippen molar-refractivity contribution in [1.82, 2.24) is 0 Å². The molecule has 2 amide bonds. The lowest BCUT2D eigenvalue weighted by Gasteiger charge is -2.10. The maximum absolute atomic E-state index is 12.3. The van der Waals surface area contributed by atoms with Gasteiger partial charge in [0.05, 0.1) is 12.0 Å². The van der Waals surface area contributed by atoms with Crippen LogP contribution in [-0.2, 0) is 0 Å². The normalized spacial score (nSPS) is 10.6. The molecule has 3 rings (SSSR count). The number of urea groups is 1. The third kappa shape index (κ3) is 4.81. The lowest BCUT2D eigenvalue weighted by atomic mass is 10.1. The molecule has 2 N–H and O–H groups in total. The number of carbonyl (C=O) groups is 1. The molecule has 0 unspecified atom stereocenters. The highest BCUT2D eigenvalue weighted by molar-refractivity contribution is 9.09. The van der Waals surface area contributed by atoms with Gasteiger partial charge in [-0.2, -0.15) is 0 Å². The maximum atomic E-state index is 12.3. The van der Waals surface area contributed by atoms with E-state index in [0.717, 1.165) is 11.8 Å². The zero-order valence-corrected chi connectivity index (χ0v) is 16.5. The quantitative estimate of drug-likeness (QED) is 0.396. The molecule has 8 heteroatoms. The van der Waals surface area contributed by atoms with E-state index in [-0.39, 0.29) is 16.4 Å². The van der Waals surface area contributed by atoms with Gasteiger partial charge in [-0.05, 0) is 30.7 Å². The fourth-order valence-corrected chi connectivity index (χ4v) is 2.89. The second-order valence-electron chi connectivity index (χ2n) is 5.59. The summed E-state index contributed by atoms with van der Waals surface area (Å²) in [5.41, 5.74) is 0.506. The topological polar surface area (TPSA) is 80.6 Å². The third-order valence-electron chi connectivity index (χ3n) is 3.64. The Bertz CT molecular complexity index is 1010. The van der Waals surface area contributed by atoms with E-state index >= 15 is 0 Å². The highest BCUT2D eigenvalue weighted by atomic mass is 79.9. The van der Waals surface area contributed by atoms with Crippen molar-refractivity contribution >= 4 is 55.7 Å². The van der Waals surface area contributed by atoms with Crippen LogP contribution in [0, 0.1) is 0 Å². The summed E-state index contributed by atoms with van der Waals surface area (Å²) in [6, 6.07) is 13.4. The molecule has 0 aliphatic heterocycles. The van der Waals surface area contributed by atoms with Gasteiger partial charge in [-0.15, -0.1) is 0 Å². The van der Waals surface area contributed by atoms with Crippen LogP contribution in [0.1, 0.15) is 6.42 Å². The van der Waals surface area contributed by atoms with E-state index in [2.05, 4.69) is 26.6 Å². The number of alkyl halides is 1. The van der Waals surface area contributed by atoms with Gasteiger partial charge < -0.3 is 19.8 Å². The van der Waals surface area contributed by atoms with Gasteiger partial charge in [-0.25, -0.2) is 9.59 Å². The number of carbonyl (C=O) groups excluding carboxylic acids is 1. The summed E-state index contributed by atoms with van der Waals surface area (Å²) in [6.07, 6.45) is 0.747. The Balaban J connectivity index is 1.80. The molecule has 6 nitrogen and oxygen atoms in total. The second kappa shape index (κ2) is 8.92. The molecule has 0 fully saturated rings. The van der Waals surface area contributed by atoms with E-state index in [1.54, 1.807) is 24.3 Å². The smallest absolute Gasteiger partial charge is 0.346 e. The van der Waals surface area contributed by atoms with Crippen LogP contribution in [0.4, 0.5) is 16.2 Å². The molecule has 27 heavy (non-hydrogen) atoms. The van der Waals surface area contributed by atoms with E-state index in [1.807, 2.05) is 18.2 Å². The van der Waals surface area contributed by atoms with Crippen LogP contribution in [-0.4, -0.2) is 18.0 Å². The summed E-state index contributed by atoms with van der Waals surface area (Å²) in [6.45, 7) is 0.374. The van der Waals surface area contributed by atoms with Crippen LogP contribution in [0.15, 0.2) is 57.7 Å². The van der Waals surface area contributed by atoms with Gasteiger partial charge in [-0.3, -0.25) is 0 Å². The minimum absolute atomic E-state index is 0.00218. The molecule has 1 heterocycles. The van der Waals surface area contributed by atoms with Crippen LogP contribution in [0.2, 0.25) is 5.02 Å². The minimum Gasteiger partial charge on any atom is -0.464 e. The van der Waals surface area contributed by atoms with Crippen molar-refractivity contribution in [3.05, 3.63) is 64.0 Å². The summed E-state index contributed by atoms with van der Waals surface area (Å²) in [4.78, 5) is 24.4. The number of fused-ring (bicyclic) bond motifs is 1. The molecule has 3 aromatic rings. The average Bonchev–Trinajstić information content (AvgIpc) is 2.66. The van der Waals surface area contributed by atoms with Crippen molar-refractivity contribution in [2.45, 2.75) is 6.42 Å². The number of hydrogen-bond donors (Lipinski definition) is 2. The lowest BCUT2D eigenvalue weighted by molar-refractivity contribution is 0.234. The number of ether oxygens (including phenoxy) is 1. The maximum Gasteiger partial charge on any atom is 0.346 e. The molecule has 0 aliphatic carbocycles. The molecule has 2 aromatic carbocycles. The van der Waals surface area contributed by atoms with Gasteiger partial charge >= 0.3 is 17.6 Å². The summed E-state index contributed by atoms with van der Waals surface area (Å²) in [5, 5.41) is 7.12. The molecule has 1 aromatic heterocycles. The van der Waals surface area contributed by atoms with Crippen molar-refractivity contribution in [3.63, 3.8) is 0 Å². The Morgan fingerprint density at radius 1 is 1.07 bits per heavy atom. The first-order chi connectivity index (χ1) is 13.1. The second-order valence-corrected chi connectivity index (χ2v) is 6.76. The van der Waals surface area contributed by atoms with Crippen molar-refractivity contribution in [3.8, 4) is 5.95 Å². The fraction of sp³-hybridized carbons (Fsp3) is 0.158. The largest absolute Gasteiger partial charge is 0.464 e. The molecule has 0 saturated carbocycles. The summed E-state index contributed by atoms with van der Waals surface area (Å²) in [7, 11) is 0. The first-order valence-electron chi connectivity index (χ1n) is 8.16. The molecule has 0 spiro atoms. The predicted molar refractivity (Wildman–Crippen MR) is 110 cm³/mol. The molecular formula is C19H16BrClN2O4. The number of halogens is 2. The Morgan fingerprint density at radius 3 is 2.56 bits per heavy atom. The van der Waals surface area contributed by atoms with E-state index < -0.39 is 11.7 Å². The number of benzene rings is 2. The third-order valence-corrected chi connectivity index (χ3v) is 4.56. The minimum atomic E-state index is -0.588. The zero-order valence-electron chi connectivity index (χ0n) is 14.1. The number of nitrogens with one attached hydrogen (secondary N) is 2. The molecule has 0 bridgehead atoms. The molecule has 0 atom stereocenters. The van der Waals surface area contributed by atoms with Gasteiger partial charge in [0, 0.05) is 22.1 Å². The summed E-state index contributed by atoms with van der Waals surface area (Å²) >= 11 is 9.59. The molecule has 0 saturated heterocycles. The first-order valence-corrected chi connectivity index (χ1v) is 9.66. The monoisotopic (exact) mass is 450 g/mol. The number of rotatable bonds is 6. The highest BCUT2D eigenvalue weighted by Gasteiger charge is 2.14. The van der Waals surface area contributed by atoms with Gasteiger partial charge in [0.1, 0.15) is 5.02 Å². The Labute approximate surface area is 168 Å². The number of para-hydroxylation sites is 1. The van der Waals surface area contributed by atoms with Crippen molar-refractivity contribution in [1.29, 1.82) is 0 Å². The standard InChI is InChI=1S/C19H16BrClN2O4/c20-9-4-10-26-18-16(21)14-8-7-13(11-15(14)17(24)27-18)23-19(25)22-12-5-2-1-3-6-12/h1-3,5-8,11H,4,9-10H2,(H2,22,23,25). The molecule has 0 aliphatic rings. The summed E-state index contributed by atoms with van der Waals surface area (Å²) < 4.78 is 10.6. The molecular weight excluding hydrogens is 436 g/mol. The van der Waals surface area contributed by atoms with Crippen molar-refractivity contribution in [2.24, 2.45) is 0 Å². The van der Waals surface area contributed by atoms with E-state index in [1.165, 1.54) is 6.07 Å². The van der Waals surface area contributed by atoms with Crippen LogP contribution < -0.4 is 21.0 Å². The van der Waals surface area contributed by atoms with Gasteiger partial charge in [0.15, 0.2) is 0 Å². The SMILES string of the molecule is O=C(Nc1ccccc1)Nc1ccc2c(Cl)c(OCCCBr)oc(=O)c2c1. The Kier molecular flexibility index (Phi) is 6.36. The first kappa shape index (κ1) is 19.3. The molecule has 0 radical (unpaired) electrons. The average molecular weight is 452 g/mol. The van der Waals surface area contributed by atoms with Gasteiger partial charge in [0.25, 0.3) is 0 Å². The van der Waals surface area contributed by atoms with Gasteiger partial charge in [-0.1, -0.05) is 51.8 Å². The van der Waals surface area contributed by atoms with Crippen molar-refractivity contribution < 1.29 is 13.9 Å².